The van der Waals surface area contributed by atoms with Crippen LogP contribution in [0.5, 0.6) is 0 Å². The number of amides is 1. The van der Waals surface area contributed by atoms with Crippen molar-refractivity contribution in [2.45, 2.75) is 12.5 Å². The van der Waals surface area contributed by atoms with E-state index in [1.165, 1.54) is 18.0 Å². The van der Waals surface area contributed by atoms with Crippen LogP contribution in [0.2, 0.25) is 0 Å². The maximum atomic E-state index is 13.5. The summed E-state index contributed by atoms with van der Waals surface area (Å²) in [5.74, 6) is 0.522. The van der Waals surface area contributed by atoms with Crippen LogP contribution in [0, 0.1) is 24.0 Å². The molecule has 0 aliphatic carbocycles. The van der Waals surface area contributed by atoms with E-state index >= 15 is 0 Å². The highest BCUT2D eigenvalue weighted by atomic mass is 35.5. The van der Waals surface area contributed by atoms with E-state index in [2.05, 4.69) is 5.92 Å². The molecule has 1 amide bonds. The molecule has 18 heavy (non-hydrogen) atoms. The number of hydrogen-bond acceptors (Lipinski definition) is 1. The van der Waals surface area contributed by atoms with Gasteiger partial charge in [-0.05, 0) is 11.6 Å². The van der Waals surface area contributed by atoms with Gasteiger partial charge in [-0.25, -0.2) is 8.78 Å². The minimum atomic E-state index is -0.679. The summed E-state index contributed by atoms with van der Waals surface area (Å²) in [6.45, 7) is 0. The van der Waals surface area contributed by atoms with Crippen molar-refractivity contribution in [3.8, 4) is 12.3 Å². The van der Waals surface area contributed by atoms with Gasteiger partial charge in [0, 0.05) is 19.5 Å². The first kappa shape index (κ1) is 14.5. The molecular weight excluding hydrogens is 260 g/mol. The van der Waals surface area contributed by atoms with E-state index in [9.17, 15) is 13.6 Å². The second-order valence-electron chi connectivity index (χ2n) is 3.76. The average molecular weight is 272 g/mol. The van der Waals surface area contributed by atoms with Gasteiger partial charge in [-0.15, -0.1) is 18.0 Å². The minimum absolute atomic E-state index is 0.113. The van der Waals surface area contributed by atoms with Gasteiger partial charge < -0.3 is 4.90 Å². The Balaban J connectivity index is 2.87. The van der Waals surface area contributed by atoms with E-state index in [1.807, 2.05) is 0 Å². The normalized spacial score (nSPS) is 11.7. The SMILES string of the molecule is C#CC(Cc1ccc(F)cc1F)N(C)C(=O)CCl. The lowest BCUT2D eigenvalue weighted by molar-refractivity contribution is -0.128. The van der Waals surface area contributed by atoms with Crippen molar-refractivity contribution < 1.29 is 13.6 Å². The largest absolute Gasteiger partial charge is 0.331 e. The number of likely N-dealkylation sites (N-methyl/N-ethyl adjacent to an activating group) is 1. The third kappa shape index (κ3) is 3.44. The van der Waals surface area contributed by atoms with Crippen LogP contribution < -0.4 is 0 Å². The van der Waals surface area contributed by atoms with Gasteiger partial charge in [-0.1, -0.05) is 12.0 Å². The Hall–Kier alpha value is -1.60. The first-order valence-corrected chi connectivity index (χ1v) is 5.74. The monoisotopic (exact) mass is 271 g/mol. The summed E-state index contributed by atoms with van der Waals surface area (Å²) in [5, 5.41) is 0. The Morgan fingerprint density at radius 2 is 2.22 bits per heavy atom. The maximum absolute atomic E-state index is 13.5. The van der Waals surface area contributed by atoms with E-state index < -0.39 is 17.7 Å². The summed E-state index contributed by atoms with van der Waals surface area (Å²) < 4.78 is 26.2. The van der Waals surface area contributed by atoms with Crippen molar-refractivity contribution in [3.05, 3.63) is 35.4 Å². The van der Waals surface area contributed by atoms with E-state index in [0.29, 0.717) is 0 Å². The van der Waals surface area contributed by atoms with Crippen molar-refractivity contribution in [2.75, 3.05) is 12.9 Å². The zero-order chi connectivity index (χ0) is 13.7. The van der Waals surface area contributed by atoms with E-state index in [4.69, 9.17) is 18.0 Å². The Kier molecular flexibility index (Phi) is 5.11. The Labute approximate surface area is 110 Å². The molecule has 0 saturated heterocycles. The van der Waals surface area contributed by atoms with Gasteiger partial charge in [-0.3, -0.25) is 4.79 Å². The molecule has 0 aliphatic rings. The second-order valence-corrected chi connectivity index (χ2v) is 4.03. The molecule has 0 radical (unpaired) electrons. The number of nitrogens with zero attached hydrogens (tertiary/aromatic N) is 1. The molecule has 0 aliphatic heterocycles. The van der Waals surface area contributed by atoms with Crippen molar-refractivity contribution in [2.24, 2.45) is 0 Å². The summed E-state index contributed by atoms with van der Waals surface area (Å²) in [5.41, 5.74) is 0.258. The van der Waals surface area contributed by atoms with Gasteiger partial charge in [-0.2, -0.15) is 0 Å². The smallest absolute Gasteiger partial charge is 0.238 e. The lowest BCUT2D eigenvalue weighted by Gasteiger charge is -2.23. The van der Waals surface area contributed by atoms with Crippen molar-refractivity contribution in [1.29, 1.82) is 0 Å². The van der Waals surface area contributed by atoms with E-state index in [-0.39, 0.29) is 23.8 Å². The molecule has 0 N–H and O–H groups in total. The zero-order valence-electron chi connectivity index (χ0n) is 9.79. The zero-order valence-corrected chi connectivity index (χ0v) is 10.5. The molecule has 1 unspecified atom stereocenters. The molecular formula is C13H12ClF2NO. The molecule has 0 bridgehead atoms. The highest BCUT2D eigenvalue weighted by Crippen LogP contribution is 2.14. The standard InChI is InChI=1S/C13H12ClF2NO/c1-3-11(17(2)13(18)8-14)6-9-4-5-10(15)7-12(9)16/h1,4-5,7,11H,6,8H2,2H3. The highest BCUT2D eigenvalue weighted by molar-refractivity contribution is 6.27. The molecule has 5 heteroatoms. The van der Waals surface area contributed by atoms with Crippen LogP contribution in [0.1, 0.15) is 5.56 Å². The highest BCUT2D eigenvalue weighted by Gasteiger charge is 2.19. The predicted molar refractivity (Wildman–Crippen MR) is 66.2 cm³/mol. The molecule has 0 saturated carbocycles. The third-order valence-corrected chi connectivity index (χ3v) is 2.82. The lowest BCUT2D eigenvalue weighted by atomic mass is 10.0. The number of rotatable bonds is 4. The van der Waals surface area contributed by atoms with Gasteiger partial charge in [0.1, 0.15) is 17.5 Å². The molecule has 1 aromatic carbocycles. The minimum Gasteiger partial charge on any atom is -0.331 e. The molecule has 0 fully saturated rings. The number of hydrogen-bond donors (Lipinski definition) is 0. The Bertz CT molecular complexity index is 484. The van der Waals surface area contributed by atoms with E-state index in [1.54, 1.807) is 0 Å². The van der Waals surface area contributed by atoms with Crippen LogP contribution >= 0.6 is 11.6 Å². The van der Waals surface area contributed by atoms with Crippen LogP contribution in [0.25, 0.3) is 0 Å². The quantitative estimate of drug-likeness (QED) is 0.607. The molecule has 1 aromatic rings. The predicted octanol–water partition coefficient (Wildman–Crippen LogP) is 2.21. The van der Waals surface area contributed by atoms with Crippen LogP contribution in [-0.2, 0) is 11.2 Å². The number of halogens is 3. The molecule has 0 heterocycles. The maximum Gasteiger partial charge on any atom is 0.238 e. The number of terminal acetylenes is 1. The van der Waals surface area contributed by atoms with Gasteiger partial charge in [0.25, 0.3) is 0 Å². The van der Waals surface area contributed by atoms with Gasteiger partial charge in [0.05, 0.1) is 6.04 Å². The fraction of sp³-hybridized carbons (Fsp3) is 0.308. The molecule has 0 aromatic heterocycles. The van der Waals surface area contributed by atoms with Crippen molar-refractivity contribution in [1.82, 2.24) is 4.90 Å². The van der Waals surface area contributed by atoms with Gasteiger partial charge in [0.2, 0.25) is 5.91 Å². The van der Waals surface area contributed by atoms with Crippen LogP contribution in [-0.4, -0.2) is 29.8 Å². The average Bonchev–Trinajstić information content (AvgIpc) is 2.36. The summed E-state index contributed by atoms with van der Waals surface area (Å²) in [6.07, 6.45) is 5.42. The number of alkyl halides is 1. The summed E-state index contributed by atoms with van der Waals surface area (Å²) >= 11 is 5.42. The van der Waals surface area contributed by atoms with Crippen molar-refractivity contribution in [3.63, 3.8) is 0 Å². The van der Waals surface area contributed by atoms with Gasteiger partial charge in [0.15, 0.2) is 0 Å². The third-order valence-electron chi connectivity index (χ3n) is 2.60. The molecule has 2 nitrogen and oxygen atoms in total. The van der Waals surface area contributed by atoms with Gasteiger partial charge >= 0.3 is 0 Å². The Morgan fingerprint density at radius 3 is 2.72 bits per heavy atom. The molecule has 1 rings (SSSR count). The van der Waals surface area contributed by atoms with Crippen LogP contribution in [0.3, 0.4) is 0 Å². The van der Waals surface area contributed by atoms with Crippen LogP contribution in [0.4, 0.5) is 8.78 Å². The molecule has 0 spiro atoms. The van der Waals surface area contributed by atoms with Crippen molar-refractivity contribution >= 4 is 17.5 Å². The molecule has 1 atom stereocenters. The Morgan fingerprint density at radius 1 is 1.56 bits per heavy atom. The topological polar surface area (TPSA) is 20.3 Å². The lowest BCUT2D eigenvalue weighted by Crippen LogP contribution is -2.38. The fourth-order valence-corrected chi connectivity index (χ4v) is 1.66. The first-order chi connectivity index (χ1) is 8.49. The fourth-order valence-electron chi connectivity index (χ4n) is 1.47. The second kappa shape index (κ2) is 6.36. The summed E-state index contributed by atoms with van der Waals surface area (Å²) in [7, 11) is 1.50. The van der Waals surface area contributed by atoms with Crippen LogP contribution in [0.15, 0.2) is 18.2 Å². The number of benzene rings is 1. The first-order valence-electron chi connectivity index (χ1n) is 5.21. The summed E-state index contributed by atoms with van der Waals surface area (Å²) in [4.78, 5) is 12.7. The molecule has 96 valence electrons. The summed E-state index contributed by atoms with van der Waals surface area (Å²) in [6, 6.07) is 2.63. The number of carbonyl (C=O) groups excluding carboxylic acids is 1. The van der Waals surface area contributed by atoms with E-state index in [0.717, 1.165) is 12.1 Å². The number of carbonyl (C=O) groups is 1.